The van der Waals surface area contributed by atoms with Crippen LogP contribution in [0, 0.1) is 13.8 Å². The fourth-order valence-electron chi connectivity index (χ4n) is 3.75. The van der Waals surface area contributed by atoms with Crippen LogP contribution < -0.4 is 5.32 Å². The Morgan fingerprint density at radius 3 is 2.79 bits per heavy atom. The minimum absolute atomic E-state index is 0.0159. The topological polar surface area (TPSA) is 68.0 Å². The minimum atomic E-state index is -0.0159. The number of nitrogens with one attached hydrogen (secondary N) is 1. The van der Waals surface area contributed by atoms with Crippen LogP contribution in [0.1, 0.15) is 41.1 Å². The van der Waals surface area contributed by atoms with Crippen LogP contribution in [0.15, 0.2) is 52.1 Å². The third-order valence-corrected chi connectivity index (χ3v) is 5.72. The normalized spacial score (nSPS) is 15.9. The van der Waals surface area contributed by atoms with E-state index in [0.29, 0.717) is 11.1 Å². The molecule has 0 saturated carbocycles. The smallest absolute Gasteiger partial charge is 0.277 e. The molecule has 6 heteroatoms. The minimum Gasteiger partial charge on any atom is -0.411 e. The van der Waals surface area contributed by atoms with Crippen LogP contribution in [0.3, 0.4) is 0 Å². The van der Waals surface area contributed by atoms with Crippen molar-refractivity contribution in [3.63, 3.8) is 0 Å². The monoisotopic (exact) mass is 393 g/mol. The summed E-state index contributed by atoms with van der Waals surface area (Å²) >= 11 is 1.27. The number of aromatic nitrogens is 2. The SMILES string of the molecule is Cc1cc(C)cc(-c2nnc(SCC(=O)N[C@@H]3CCCc4ccccc43)o2)c1. The Balaban J connectivity index is 1.37. The number of aryl methyl sites for hydroxylation is 3. The summed E-state index contributed by atoms with van der Waals surface area (Å²) in [4.78, 5) is 12.4. The summed E-state index contributed by atoms with van der Waals surface area (Å²) < 4.78 is 5.74. The molecule has 0 aliphatic heterocycles. The van der Waals surface area contributed by atoms with Crippen molar-refractivity contribution in [1.82, 2.24) is 15.5 Å². The molecule has 0 radical (unpaired) electrons. The van der Waals surface area contributed by atoms with Gasteiger partial charge in [-0.05, 0) is 56.4 Å². The van der Waals surface area contributed by atoms with Crippen LogP contribution in [0.5, 0.6) is 0 Å². The van der Waals surface area contributed by atoms with Gasteiger partial charge in [0.1, 0.15) is 0 Å². The van der Waals surface area contributed by atoms with Crippen molar-refractivity contribution in [3.8, 4) is 11.5 Å². The van der Waals surface area contributed by atoms with Crippen LogP contribution in [0.25, 0.3) is 11.5 Å². The summed E-state index contributed by atoms with van der Waals surface area (Å²) in [5.74, 6) is 0.724. The summed E-state index contributed by atoms with van der Waals surface area (Å²) in [7, 11) is 0. The molecule has 0 bridgehead atoms. The molecular formula is C22H23N3O2S. The number of rotatable bonds is 5. The van der Waals surface area contributed by atoms with E-state index in [9.17, 15) is 4.79 Å². The van der Waals surface area contributed by atoms with Gasteiger partial charge in [-0.15, -0.1) is 10.2 Å². The largest absolute Gasteiger partial charge is 0.411 e. The lowest BCUT2D eigenvalue weighted by Crippen LogP contribution is -2.32. The maximum Gasteiger partial charge on any atom is 0.277 e. The van der Waals surface area contributed by atoms with Gasteiger partial charge in [0.25, 0.3) is 5.22 Å². The molecular weight excluding hydrogens is 370 g/mol. The molecule has 0 spiro atoms. The number of hydrogen-bond donors (Lipinski definition) is 1. The Labute approximate surface area is 168 Å². The van der Waals surface area contributed by atoms with Crippen molar-refractivity contribution in [3.05, 3.63) is 64.7 Å². The van der Waals surface area contributed by atoms with Crippen molar-refractivity contribution in [1.29, 1.82) is 0 Å². The first-order valence-electron chi connectivity index (χ1n) is 9.50. The van der Waals surface area contributed by atoms with Crippen molar-refractivity contribution in [2.75, 3.05) is 5.75 Å². The number of thioether (sulfide) groups is 1. The van der Waals surface area contributed by atoms with E-state index in [1.165, 1.54) is 22.9 Å². The van der Waals surface area contributed by atoms with Crippen molar-refractivity contribution in [2.45, 2.75) is 44.4 Å². The molecule has 1 atom stereocenters. The number of hydrogen-bond acceptors (Lipinski definition) is 5. The predicted octanol–water partition coefficient (Wildman–Crippen LogP) is 4.64. The Bertz CT molecular complexity index is 979. The lowest BCUT2D eigenvalue weighted by atomic mass is 9.88. The van der Waals surface area contributed by atoms with Gasteiger partial charge in [-0.2, -0.15) is 0 Å². The maximum atomic E-state index is 12.4. The van der Waals surface area contributed by atoms with Gasteiger partial charge < -0.3 is 9.73 Å². The number of carbonyl (C=O) groups excluding carboxylic acids is 1. The van der Waals surface area contributed by atoms with Gasteiger partial charge in [0, 0.05) is 5.56 Å². The quantitative estimate of drug-likeness (QED) is 0.640. The maximum absolute atomic E-state index is 12.4. The summed E-state index contributed by atoms with van der Waals surface area (Å²) in [6, 6.07) is 14.6. The number of amides is 1. The molecule has 0 unspecified atom stereocenters. The lowest BCUT2D eigenvalue weighted by molar-refractivity contribution is -0.119. The van der Waals surface area contributed by atoms with Crippen molar-refractivity contribution < 1.29 is 9.21 Å². The second-order valence-electron chi connectivity index (χ2n) is 7.25. The zero-order valence-corrected chi connectivity index (χ0v) is 16.9. The van der Waals surface area contributed by atoms with Gasteiger partial charge in [-0.1, -0.05) is 53.2 Å². The highest BCUT2D eigenvalue weighted by Crippen LogP contribution is 2.30. The molecule has 1 N–H and O–H groups in total. The lowest BCUT2D eigenvalue weighted by Gasteiger charge is -2.26. The zero-order valence-electron chi connectivity index (χ0n) is 16.1. The summed E-state index contributed by atoms with van der Waals surface area (Å²) in [6.07, 6.45) is 3.16. The number of nitrogens with zero attached hydrogens (tertiary/aromatic N) is 2. The molecule has 1 amide bonds. The van der Waals surface area contributed by atoms with E-state index in [2.05, 4.69) is 39.8 Å². The molecule has 1 heterocycles. The molecule has 28 heavy (non-hydrogen) atoms. The summed E-state index contributed by atoms with van der Waals surface area (Å²) in [6.45, 7) is 4.08. The van der Waals surface area contributed by atoms with Gasteiger partial charge in [0.15, 0.2) is 0 Å². The van der Waals surface area contributed by atoms with Gasteiger partial charge in [-0.25, -0.2) is 0 Å². The number of carbonyl (C=O) groups is 1. The van der Waals surface area contributed by atoms with Gasteiger partial charge in [0.05, 0.1) is 11.8 Å². The first-order chi connectivity index (χ1) is 13.6. The summed E-state index contributed by atoms with van der Waals surface area (Å²) in [5, 5.41) is 11.8. The van der Waals surface area contributed by atoms with Crippen LogP contribution in [0.2, 0.25) is 0 Å². The third-order valence-electron chi connectivity index (χ3n) is 4.91. The van der Waals surface area contributed by atoms with E-state index in [-0.39, 0.29) is 17.7 Å². The number of fused-ring (bicyclic) bond motifs is 1. The van der Waals surface area contributed by atoms with Crippen molar-refractivity contribution in [2.24, 2.45) is 0 Å². The van der Waals surface area contributed by atoms with Gasteiger partial charge in [0.2, 0.25) is 11.8 Å². The second kappa shape index (κ2) is 8.19. The average molecular weight is 394 g/mol. The summed E-state index contributed by atoms with van der Waals surface area (Å²) in [5.41, 5.74) is 5.77. The Morgan fingerprint density at radius 1 is 1.18 bits per heavy atom. The van der Waals surface area contributed by atoms with E-state index in [1.54, 1.807) is 0 Å². The van der Waals surface area contributed by atoms with Crippen LogP contribution in [0.4, 0.5) is 0 Å². The first kappa shape index (κ1) is 18.7. The Hall–Kier alpha value is -2.60. The molecule has 5 nitrogen and oxygen atoms in total. The molecule has 4 rings (SSSR count). The Kier molecular flexibility index (Phi) is 5.48. The van der Waals surface area contributed by atoms with Gasteiger partial charge >= 0.3 is 0 Å². The zero-order chi connectivity index (χ0) is 19.5. The van der Waals surface area contributed by atoms with Crippen LogP contribution >= 0.6 is 11.8 Å². The van der Waals surface area contributed by atoms with Crippen LogP contribution in [-0.4, -0.2) is 21.9 Å². The van der Waals surface area contributed by atoms with E-state index in [4.69, 9.17) is 4.42 Å². The molecule has 144 valence electrons. The third kappa shape index (κ3) is 4.28. The van der Waals surface area contributed by atoms with E-state index >= 15 is 0 Å². The highest BCUT2D eigenvalue weighted by Gasteiger charge is 2.21. The molecule has 3 aromatic rings. The first-order valence-corrected chi connectivity index (χ1v) is 10.5. The highest BCUT2D eigenvalue weighted by atomic mass is 32.2. The second-order valence-corrected chi connectivity index (χ2v) is 8.18. The highest BCUT2D eigenvalue weighted by molar-refractivity contribution is 7.99. The predicted molar refractivity (Wildman–Crippen MR) is 110 cm³/mol. The molecule has 2 aromatic carbocycles. The van der Waals surface area contributed by atoms with E-state index in [1.807, 2.05) is 32.0 Å². The molecule has 1 aromatic heterocycles. The Morgan fingerprint density at radius 2 is 1.96 bits per heavy atom. The van der Waals surface area contributed by atoms with E-state index in [0.717, 1.165) is 36.0 Å². The molecule has 1 aliphatic carbocycles. The van der Waals surface area contributed by atoms with Crippen molar-refractivity contribution >= 4 is 17.7 Å². The standard InChI is InChI=1S/C22H23N3O2S/c1-14-10-15(2)12-17(11-14)21-24-25-22(27-21)28-13-20(26)23-19-9-5-7-16-6-3-4-8-18(16)19/h3-4,6,8,10-12,19H,5,7,9,13H2,1-2H3,(H,23,26)/t19-/m1/s1. The molecule has 0 saturated heterocycles. The average Bonchev–Trinajstić information content (AvgIpc) is 3.15. The van der Waals surface area contributed by atoms with Crippen LogP contribution in [-0.2, 0) is 11.2 Å². The van der Waals surface area contributed by atoms with E-state index < -0.39 is 0 Å². The molecule has 1 aliphatic rings. The fourth-order valence-corrected chi connectivity index (χ4v) is 4.32. The van der Waals surface area contributed by atoms with Gasteiger partial charge in [-0.3, -0.25) is 4.79 Å². The fraction of sp³-hybridized carbons (Fsp3) is 0.318. The molecule has 0 fully saturated rings. The number of benzene rings is 2.